The molecular weight excluding hydrogens is 180 g/mol. The second-order valence-corrected chi connectivity index (χ2v) is 3.08. The number of ether oxygens (including phenoxy) is 1. The van der Waals surface area contributed by atoms with E-state index in [0.717, 1.165) is 17.5 Å². The van der Waals surface area contributed by atoms with Crippen molar-refractivity contribution in [2.45, 2.75) is 20.0 Å². The van der Waals surface area contributed by atoms with E-state index in [9.17, 15) is 4.79 Å². The van der Waals surface area contributed by atoms with Crippen LogP contribution in [0.5, 0.6) is 0 Å². The minimum atomic E-state index is -0.885. The van der Waals surface area contributed by atoms with E-state index in [0.29, 0.717) is 12.2 Å². The molecule has 0 atom stereocenters. The number of carboxylic acid groups (broad SMARTS) is 1. The molecule has 0 aliphatic carbocycles. The van der Waals surface area contributed by atoms with Crippen LogP contribution in [0.3, 0.4) is 0 Å². The second-order valence-electron chi connectivity index (χ2n) is 3.08. The number of carbonyl (C=O) groups is 1. The summed E-state index contributed by atoms with van der Waals surface area (Å²) in [5.41, 5.74) is 2.42. The molecule has 14 heavy (non-hydrogen) atoms. The van der Waals surface area contributed by atoms with Gasteiger partial charge in [0.15, 0.2) is 0 Å². The highest BCUT2D eigenvalue weighted by Gasteiger charge is 2.06. The number of aromatic carboxylic acids is 1. The first-order valence-electron chi connectivity index (χ1n) is 4.53. The van der Waals surface area contributed by atoms with Gasteiger partial charge < -0.3 is 9.84 Å². The maximum Gasteiger partial charge on any atom is 0.335 e. The Morgan fingerprint density at radius 1 is 1.43 bits per heavy atom. The van der Waals surface area contributed by atoms with Crippen LogP contribution in [0.4, 0.5) is 0 Å². The summed E-state index contributed by atoms with van der Waals surface area (Å²) < 4.78 is 5.02. The number of rotatable bonds is 4. The highest BCUT2D eigenvalue weighted by molar-refractivity contribution is 5.87. The van der Waals surface area contributed by atoms with E-state index < -0.39 is 5.97 Å². The predicted octanol–water partition coefficient (Wildman–Crippen LogP) is 2.09. The van der Waals surface area contributed by atoms with E-state index in [-0.39, 0.29) is 0 Å². The molecule has 0 fully saturated rings. The van der Waals surface area contributed by atoms with Crippen molar-refractivity contribution in [1.82, 2.24) is 0 Å². The lowest BCUT2D eigenvalue weighted by Crippen LogP contribution is -2.01. The summed E-state index contributed by atoms with van der Waals surface area (Å²) in [6.07, 6.45) is 0.819. The van der Waals surface area contributed by atoms with Crippen LogP contribution in [0.25, 0.3) is 0 Å². The first-order valence-corrected chi connectivity index (χ1v) is 4.53. The number of benzene rings is 1. The summed E-state index contributed by atoms with van der Waals surface area (Å²) in [7, 11) is 1.63. The van der Waals surface area contributed by atoms with Crippen LogP contribution in [0.15, 0.2) is 18.2 Å². The van der Waals surface area contributed by atoms with Gasteiger partial charge >= 0.3 is 5.97 Å². The fraction of sp³-hybridized carbons (Fsp3) is 0.364. The van der Waals surface area contributed by atoms with Crippen molar-refractivity contribution in [3.63, 3.8) is 0 Å². The molecular formula is C11H14O3. The molecule has 1 rings (SSSR count). The topological polar surface area (TPSA) is 46.5 Å². The molecule has 1 N–H and O–H groups in total. The predicted molar refractivity (Wildman–Crippen MR) is 53.5 cm³/mol. The van der Waals surface area contributed by atoms with Gasteiger partial charge in [0.05, 0.1) is 12.2 Å². The van der Waals surface area contributed by atoms with Crippen LogP contribution in [0.2, 0.25) is 0 Å². The number of hydrogen-bond acceptors (Lipinski definition) is 2. The van der Waals surface area contributed by atoms with Gasteiger partial charge in [0.2, 0.25) is 0 Å². The lowest BCUT2D eigenvalue weighted by atomic mass is 10.0. The van der Waals surface area contributed by atoms with Gasteiger partial charge in [0.1, 0.15) is 0 Å². The molecule has 3 nitrogen and oxygen atoms in total. The Kier molecular flexibility index (Phi) is 3.65. The standard InChI is InChI=1S/C11H14O3/c1-3-8-6-9(11(12)13)4-5-10(8)7-14-2/h4-6H,3,7H2,1-2H3,(H,12,13). The average molecular weight is 194 g/mol. The van der Waals surface area contributed by atoms with Crippen molar-refractivity contribution >= 4 is 5.97 Å². The smallest absolute Gasteiger partial charge is 0.335 e. The zero-order chi connectivity index (χ0) is 10.6. The lowest BCUT2D eigenvalue weighted by molar-refractivity contribution is 0.0696. The van der Waals surface area contributed by atoms with E-state index >= 15 is 0 Å². The van der Waals surface area contributed by atoms with Gasteiger partial charge in [-0.05, 0) is 29.7 Å². The largest absolute Gasteiger partial charge is 0.478 e. The van der Waals surface area contributed by atoms with Gasteiger partial charge in [-0.25, -0.2) is 4.79 Å². The number of hydrogen-bond donors (Lipinski definition) is 1. The molecule has 3 heteroatoms. The molecule has 0 spiro atoms. The Hall–Kier alpha value is -1.35. The summed E-state index contributed by atoms with van der Waals surface area (Å²) in [5, 5.41) is 8.79. The Balaban J connectivity index is 3.04. The first kappa shape index (κ1) is 10.7. The fourth-order valence-corrected chi connectivity index (χ4v) is 1.38. The van der Waals surface area contributed by atoms with Gasteiger partial charge in [0.25, 0.3) is 0 Å². The third-order valence-electron chi connectivity index (χ3n) is 2.13. The van der Waals surface area contributed by atoms with Crippen molar-refractivity contribution < 1.29 is 14.6 Å². The van der Waals surface area contributed by atoms with Crippen LogP contribution in [-0.4, -0.2) is 18.2 Å². The fourth-order valence-electron chi connectivity index (χ4n) is 1.38. The molecule has 1 aromatic rings. The molecule has 0 radical (unpaired) electrons. The van der Waals surface area contributed by atoms with Gasteiger partial charge in [-0.3, -0.25) is 0 Å². The molecule has 76 valence electrons. The van der Waals surface area contributed by atoms with Gasteiger partial charge in [-0.2, -0.15) is 0 Å². The minimum absolute atomic E-state index is 0.335. The monoisotopic (exact) mass is 194 g/mol. The van der Waals surface area contributed by atoms with Crippen molar-refractivity contribution in [2.24, 2.45) is 0 Å². The maximum atomic E-state index is 10.7. The van der Waals surface area contributed by atoms with E-state index in [4.69, 9.17) is 9.84 Å². The van der Waals surface area contributed by atoms with Crippen LogP contribution >= 0.6 is 0 Å². The SMILES string of the molecule is CCc1cc(C(=O)O)ccc1COC. The summed E-state index contributed by atoms with van der Waals surface area (Å²) in [6, 6.07) is 5.12. The molecule has 1 aromatic carbocycles. The molecule has 0 aliphatic rings. The summed E-state index contributed by atoms with van der Waals surface area (Å²) >= 11 is 0. The summed E-state index contributed by atoms with van der Waals surface area (Å²) in [5.74, 6) is -0.885. The highest BCUT2D eigenvalue weighted by Crippen LogP contribution is 2.14. The number of carboxylic acids is 1. The van der Waals surface area contributed by atoms with Gasteiger partial charge in [-0.1, -0.05) is 13.0 Å². The van der Waals surface area contributed by atoms with Crippen LogP contribution in [0.1, 0.15) is 28.4 Å². The molecule has 0 saturated heterocycles. The van der Waals surface area contributed by atoms with E-state index in [1.54, 1.807) is 19.2 Å². The van der Waals surface area contributed by atoms with Crippen molar-refractivity contribution in [3.05, 3.63) is 34.9 Å². The van der Waals surface area contributed by atoms with E-state index in [1.165, 1.54) is 0 Å². The second kappa shape index (κ2) is 4.77. The van der Waals surface area contributed by atoms with Crippen molar-refractivity contribution in [3.8, 4) is 0 Å². The molecule has 0 amide bonds. The Bertz CT molecular complexity index is 331. The molecule has 0 aromatic heterocycles. The summed E-state index contributed by atoms with van der Waals surface area (Å²) in [6.45, 7) is 2.53. The van der Waals surface area contributed by atoms with Gasteiger partial charge in [0, 0.05) is 7.11 Å². The van der Waals surface area contributed by atoms with E-state index in [2.05, 4.69) is 0 Å². The lowest BCUT2D eigenvalue weighted by Gasteiger charge is -2.07. The van der Waals surface area contributed by atoms with Crippen LogP contribution in [0, 0.1) is 0 Å². The molecule has 0 saturated carbocycles. The summed E-state index contributed by atoms with van der Waals surface area (Å²) in [4.78, 5) is 10.7. The average Bonchev–Trinajstić information content (AvgIpc) is 2.18. The zero-order valence-electron chi connectivity index (χ0n) is 8.41. The number of aryl methyl sites for hydroxylation is 1. The normalized spacial score (nSPS) is 10.1. The molecule has 0 bridgehead atoms. The zero-order valence-corrected chi connectivity index (χ0v) is 8.41. The van der Waals surface area contributed by atoms with Crippen LogP contribution < -0.4 is 0 Å². The maximum absolute atomic E-state index is 10.7. The molecule has 0 aliphatic heterocycles. The molecule has 0 unspecified atom stereocenters. The van der Waals surface area contributed by atoms with Gasteiger partial charge in [-0.15, -0.1) is 0 Å². The molecule has 0 heterocycles. The Labute approximate surface area is 83.3 Å². The Morgan fingerprint density at radius 3 is 2.64 bits per heavy atom. The number of methoxy groups -OCH3 is 1. The van der Waals surface area contributed by atoms with E-state index in [1.807, 2.05) is 13.0 Å². The minimum Gasteiger partial charge on any atom is -0.478 e. The Morgan fingerprint density at radius 2 is 2.14 bits per heavy atom. The third kappa shape index (κ3) is 2.33. The van der Waals surface area contributed by atoms with Crippen molar-refractivity contribution in [1.29, 1.82) is 0 Å². The van der Waals surface area contributed by atoms with Crippen LogP contribution in [-0.2, 0) is 17.8 Å². The van der Waals surface area contributed by atoms with Crippen molar-refractivity contribution in [2.75, 3.05) is 7.11 Å². The first-order chi connectivity index (χ1) is 6.69. The quantitative estimate of drug-likeness (QED) is 0.798. The highest BCUT2D eigenvalue weighted by atomic mass is 16.5. The third-order valence-corrected chi connectivity index (χ3v) is 2.13.